The second-order valence-corrected chi connectivity index (χ2v) is 13.6. The van der Waals surface area contributed by atoms with Crippen LogP contribution in [0.2, 0.25) is 0 Å². The van der Waals surface area contributed by atoms with Crippen LogP contribution >= 0.6 is 0 Å². The van der Waals surface area contributed by atoms with Crippen LogP contribution in [0.3, 0.4) is 0 Å². The van der Waals surface area contributed by atoms with Crippen LogP contribution in [0.5, 0.6) is 0 Å². The van der Waals surface area contributed by atoms with E-state index in [1.54, 1.807) is 0 Å². The molecule has 0 radical (unpaired) electrons. The van der Waals surface area contributed by atoms with Gasteiger partial charge < -0.3 is 28.4 Å². The van der Waals surface area contributed by atoms with E-state index in [2.05, 4.69) is 36.4 Å². The first-order valence-corrected chi connectivity index (χ1v) is 18.0. The molecule has 7 nitrogen and oxygen atoms in total. The fourth-order valence-electron chi connectivity index (χ4n) is 6.95. The Morgan fingerprint density at radius 1 is 0.558 bits per heavy atom. The van der Waals surface area contributed by atoms with E-state index in [0.29, 0.717) is 63.6 Å². The second kappa shape index (κ2) is 15.9. The quantitative estimate of drug-likeness (QED) is 0.138. The van der Waals surface area contributed by atoms with Crippen molar-refractivity contribution >= 4 is 5.78 Å². The van der Waals surface area contributed by atoms with Crippen molar-refractivity contribution in [1.82, 2.24) is 0 Å². The van der Waals surface area contributed by atoms with Crippen molar-refractivity contribution in [2.75, 3.05) is 26.4 Å². The number of rotatable bonds is 12. The normalized spacial score (nSPS) is 22.0. The highest BCUT2D eigenvalue weighted by atomic mass is 16.6. The van der Waals surface area contributed by atoms with Crippen LogP contribution in [0.4, 0.5) is 0 Å². The van der Waals surface area contributed by atoms with E-state index < -0.39 is 0 Å². The van der Waals surface area contributed by atoms with Crippen LogP contribution in [0.1, 0.15) is 62.9 Å². The lowest BCUT2D eigenvalue weighted by Crippen LogP contribution is -2.31. The molecule has 264 valence electrons. The maximum absolute atomic E-state index is 13.5. The Kier molecular flexibility index (Phi) is 10.3. The Morgan fingerprint density at radius 2 is 0.981 bits per heavy atom. The average molecular weight is 695 g/mol. The minimum absolute atomic E-state index is 0.00354. The molecule has 2 heterocycles. The van der Waals surface area contributed by atoms with Crippen LogP contribution in [0.25, 0.3) is 0 Å². The molecule has 4 aromatic rings. The van der Waals surface area contributed by atoms with Crippen molar-refractivity contribution in [2.45, 2.75) is 50.1 Å². The van der Waals surface area contributed by atoms with Gasteiger partial charge in [0.15, 0.2) is 29.5 Å². The molecule has 0 spiro atoms. The van der Waals surface area contributed by atoms with Gasteiger partial charge in [-0.2, -0.15) is 0 Å². The van der Waals surface area contributed by atoms with Crippen LogP contribution in [0.15, 0.2) is 157 Å². The predicted molar refractivity (Wildman–Crippen MR) is 197 cm³/mol. The fraction of sp³-hybridized carbons (Fsp3) is 0.267. The molecule has 0 bridgehead atoms. The molecule has 0 N–H and O–H groups in total. The summed E-state index contributed by atoms with van der Waals surface area (Å²) in [6, 6.07) is 36.1. The van der Waals surface area contributed by atoms with Gasteiger partial charge in [-0.05, 0) is 34.4 Å². The summed E-state index contributed by atoms with van der Waals surface area (Å²) < 4.78 is 36.4. The highest BCUT2D eigenvalue weighted by Gasteiger charge is 2.29. The third-order valence-electron chi connectivity index (χ3n) is 9.82. The van der Waals surface area contributed by atoms with Gasteiger partial charge >= 0.3 is 0 Å². The number of hydrogen-bond acceptors (Lipinski definition) is 7. The number of hydrogen-bond donors (Lipinski definition) is 0. The summed E-state index contributed by atoms with van der Waals surface area (Å²) in [6.45, 7) is 2.94. The lowest BCUT2D eigenvalue weighted by atomic mass is 9.88. The molecule has 4 aliphatic rings. The zero-order valence-corrected chi connectivity index (χ0v) is 29.0. The van der Waals surface area contributed by atoms with Crippen molar-refractivity contribution in [3.05, 3.63) is 190 Å². The van der Waals surface area contributed by atoms with E-state index in [9.17, 15) is 4.79 Å². The molecule has 4 aromatic carbocycles. The Hall–Kier alpha value is -5.37. The van der Waals surface area contributed by atoms with E-state index in [0.717, 1.165) is 45.3 Å². The number of carbonyl (C=O) groups excluding carboxylic acids is 1. The Balaban J connectivity index is 0.822. The van der Waals surface area contributed by atoms with E-state index >= 15 is 0 Å². The molecular weight excluding hydrogens is 652 g/mol. The predicted octanol–water partition coefficient (Wildman–Crippen LogP) is 8.69. The van der Waals surface area contributed by atoms with Crippen LogP contribution < -0.4 is 0 Å². The van der Waals surface area contributed by atoms with Crippen LogP contribution in [0, 0.1) is 0 Å². The summed E-state index contributed by atoms with van der Waals surface area (Å²) >= 11 is 0. The van der Waals surface area contributed by atoms with Gasteiger partial charge in [0.1, 0.15) is 24.7 Å². The fourth-order valence-corrected chi connectivity index (χ4v) is 6.95. The van der Waals surface area contributed by atoms with Crippen molar-refractivity contribution < 1.29 is 33.2 Å². The van der Waals surface area contributed by atoms with Crippen LogP contribution in [-0.2, 0) is 41.6 Å². The van der Waals surface area contributed by atoms with E-state index in [-0.39, 0.29) is 29.8 Å². The summed E-state index contributed by atoms with van der Waals surface area (Å²) in [6.07, 6.45) is 9.38. The molecular formula is C45H42O7. The third-order valence-corrected chi connectivity index (χ3v) is 9.82. The van der Waals surface area contributed by atoms with Crippen LogP contribution in [-0.4, -0.2) is 44.4 Å². The van der Waals surface area contributed by atoms with Gasteiger partial charge in [-0.15, -0.1) is 0 Å². The molecule has 8 rings (SSSR count). The Labute approximate surface area is 304 Å². The molecule has 4 unspecified atom stereocenters. The lowest BCUT2D eigenvalue weighted by Gasteiger charge is -2.31. The van der Waals surface area contributed by atoms with Gasteiger partial charge in [-0.25, -0.2) is 0 Å². The zero-order chi connectivity index (χ0) is 35.1. The van der Waals surface area contributed by atoms with Gasteiger partial charge in [-0.3, -0.25) is 4.79 Å². The molecule has 0 fully saturated rings. The first-order valence-electron chi connectivity index (χ1n) is 18.0. The summed E-state index contributed by atoms with van der Waals surface area (Å²) in [4.78, 5) is 13.5. The van der Waals surface area contributed by atoms with Gasteiger partial charge in [-0.1, -0.05) is 121 Å². The minimum Gasteiger partial charge on any atom is -0.486 e. The maximum atomic E-state index is 13.5. The number of ketones is 1. The van der Waals surface area contributed by atoms with Crippen molar-refractivity contribution in [3.63, 3.8) is 0 Å². The highest BCUT2D eigenvalue weighted by Crippen LogP contribution is 2.37. The van der Waals surface area contributed by atoms with Crippen molar-refractivity contribution in [3.8, 4) is 0 Å². The molecule has 0 amide bonds. The first kappa shape index (κ1) is 33.8. The van der Waals surface area contributed by atoms with E-state index in [4.69, 9.17) is 28.4 Å². The lowest BCUT2D eigenvalue weighted by molar-refractivity contribution is -0.0548. The second-order valence-electron chi connectivity index (χ2n) is 13.6. The zero-order valence-electron chi connectivity index (χ0n) is 29.0. The number of carbonyl (C=O) groups is 1. The smallest absolute Gasteiger partial charge is 0.193 e. The molecule has 0 saturated heterocycles. The molecule has 0 aromatic heterocycles. The summed E-state index contributed by atoms with van der Waals surface area (Å²) in [5.74, 6) is 3.54. The van der Waals surface area contributed by atoms with Gasteiger partial charge in [0.25, 0.3) is 0 Å². The van der Waals surface area contributed by atoms with Gasteiger partial charge in [0.05, 0.1) is 26.4 Å². The molecule has 2 aliphatic carbocycles. The molecule has 4 atom stereocenters. The molecule has 0 saturated carbocycles. The number of allylic oxidation sites excluding steroid dienone is 6. The average Bonchev–Trinajstić information content (AvgIpc) is 3.21. The van der Waals surface area contributed by atoms with Crippen molar-refractivity contribution in [1.29, 1.82) is 0 Å². The highest BCUT2D eigenvalue weighted by molar-refractivity contribution is 6.09. The Morgan fingerprint density at radius 3 is 1.40 bits per heavy atom. The summed E-state index contributed by atoms with van der Waals surface area (Å²) in [7, 11) is 0. The summed E-state index contributed by atoms with van der Waals surface area (Å²) in [5, 5.41) is 0. The molecule has 2 aliphatic heterocycles. The number of benzene rings is 4. The largest absolute Gasteiger partial charge is 0.486 e. The van der Waals surface area contributed by atoms with E-state index in [1.807, 2.05) is 97.1 Å². The van der Waals surface area contributed by atoms with Crippen molar-refractivity contribution in [2.24, 2.45) is 0 Å². The minimum atomic E-state index is -0.151. The SMILES string of the molecule is O=C(c1ccc(C2C=CC3=C(C2)OC(COCc2ccccc2)CO3)cc1)c1ccc(C2C=CC3=C(C2)OC(COCc2ccccc2)CO3)cc1. The third kappa shape index (κ3) is 8.07. The summed E-state index contributed by atoms with van der Waals surface area (Å²) in [5.41, 5.74) is 5.82. The topological polar surface area (TPSA) is 72.5 Å². The van der Waals surface area contributed by atoms with E-state index in [1.165, 1.54) is 0 Å². The first-order chi connectivity index (χ1) is 25.6. The van der Waals surface area contributed by atoms with Gasteiger partial charge in [0, 0.05) is 35.8 Å². The molecule has 7 heteroatoms. The molecule has 52 heavy (non-hydrogen) atoms. The Bertz CT molecular complexity index is 1820. The number of ether oxygens (including phenoxy) is 6. The standard InChI is InChI=1S/C45H42O7/c46-45(35-15-11-33(12-16-35)37-19-21-41-43(23-37)51-39(29-49-41)27-47-25-31-7-3-1-4-8-31)36-17-13-34(14-18-36)38-20-22-42-44(24-38)52-40(30-50-42)28-48-26-32-9-5-2-6-10-32/h1-22,37-40H,23-30H2. The van der Waals surface area contributed by atoms with Gasteiger partial charge in [0.2, 0.25) is 0 Å². The maximum Gasteiger partial charge on any atom is 0.193 e. The monoisotopic (exact) mass is 694 g/mol.